The zero-order valence-electron chi connectivity index (χ0n) is 13.4. The number of imidazole rings is 1. The molecule has 0 saturated heterocycles. The molecule has 1 aromatic carbocycles. The molecule has 5 nitrogen and oxygen atoms in total. The molecule has 1 aliphatic rings. The number of hydrogen-bond acceptors (Lipinski definition) is 3. The van der Waals surface area contributed by atoms with Crippen molar-refractivity contribution in [1.82, 2.24) is 14.5 Å². The number of aromatic nitrogens is 3. The third-order valence-corrected chi connectivity index (χ3v) is 4.38. The molecule has 3 aromatic rings. The predicted molar refractivity (Wildman–Crippen MR) is 86.2 cm³/mol. The molecule has 12 heteroatoms. The molecule has 0 bridgehead atoms. The first-order valence-electron chi connectivity index (χ1n) is 7.61. The lowest BCUT2D eigenvalue weighted by atomic mass is 10.1. The summed E-state index contributed by atoms with van der Waals surface area (Å²) in [6, 6.07) is 3.71. The predicted octanol–water partition coefficient (Wildman–Crippen LogP) is 4.61. The van der Waals surface area contributed by atoms with Crippen molar-refractivity contribution in [1.29, 1.82) is 0 Å². The number of benzene rings is 1. The normalized spacial score (nSPS) is 14.5. The summed E-state index contributed by atoms with van der Waals surface area (Å²) in [5.41, 5.74) is -2.01. The molecule has 28 heavy (non-hydrogen) atoms. The highest BCUT2D eigenvalue weighted by Gasteiger charge is 2.40. The number of rotatable bonds is 1. The van der Waals surface area contributed by atoms with Gasteiger partial charge < -0.3 is 5.32 Å². The van der Waals surface area contributed by atoms with E-state index in [-0.39, 0.29) is 28.3 Å². The van der Waals surface area contributed by atoms with Crippen LogP contribution in [0.3, 0.4) is 0 Å². The Balaban J connectivity index is 2.03. The van der Waals surface area contributed by atoms with Crippen LogP contribution in [0.1, 0.15) is 17.1 Å². The number of anilines is 1. The van der Waals surface area contributed by atoms with Crippen LogP contribution in [0.25, 0.3) is 16.9 Å². The van der Waals surface area contributed by atoms with Gasteiger partial charge in [0.15, 0.2) is 5.65 Å². The molecular formula is C16H7ClF6N4O. The number of carbonyl (C=O) groups is 1. The molecule has 1 N–H and O–H groups in total. The number of fused-ring (bicyclic) bond motifs is 2. The van der Waals surface area contributed by atoms with E-state index in [1.165, 1.54) is 6.07 Å². The fourth-order valence-electron chi connectivity index (χ4n) is 2.96. The molecule has 0 unspecified atom stereocenters. The highest BCUT2D eigenvalue weighted by molar-refractivity contribution is 6.34. The fraction of sp³-hybridized carbons (Fsp3) is 0.188. The van der Waals surface area contributed by atoms with Crippen molar-refractivity contribution in [2.45, 2.75) is 18.8 Å². The quantitative estimate of drug-likeness (QED) is 0.585. The van der Waals surface area contributed by atoms with Gasteiger partial charge in [0.25, 0.3) is 0 Å². The molecule has 1 amide bonds. The summed E-state index contributed by atoms with van der Waals surface area (Å²) >= 11 is 6.05. The van der Waals surface area contributed by atoms with Gasteiger partial charge in [0.05, 0.1) is 22.8 Å². The number of nitrogens with one attached hydrogen (secondary N) is 1. The number of halogens is 7. The zero-order chi connectivity index (χ0) is 20.4. The molecule has 0 saturated carbocycles. The third kappa shape index (κ3) is 2.95. The van der Waals surface area contributed by atoms with Crippen LogP contribution in [0.15, 0.2) is 24.3 Å². The summed E-state index contributed by atoms with van der Waals surface area (Å²) in [5, 5.41) is 2.41. The largest absolute Gasteiger partial charge is 0.450 e. The topological polar surface area (TPSA) is 59.8 Å². The maximum Gasteiger partial charge on any atom is 0.450 e. The first kappa shape index (κ1) is 18.5. The molecule has 0 spiro atoms. The maximum atomic E-state index is 13.5. The Labute approximate surface area is 156 Å². The Hall–Kier alpha value is -2.82. The number of alkyl halides is 6. The van der Waals surface area contributed by atoms with E-state index in [4.69, 9.17) is 11.6 Å². The first-order chi connectivity index (χ1) is 12.9. The van der Waals surface area contributed by atoms with E-state index in [1.807, 2.05) is 0 Å². The molecule has 0 atom stereocenters. The zero-order valence-corrected chi connectivity index (χ0v) is 14.2. The van der Waals surface area contributed by atoms with Crippen LogP contribution in [-0.4, -0.2) is 20.4 Å². The fourth-order valence-corrected chi connectivity index (χ4v) is 3.24. The molecule has 1 aliphatic heterocycles. The second-order valence-corrected chi connectivity index (χ2v) is 6.40. The summed E-state index contributed by atoms with van der Waals surface area (Å²) in [6.45, 7) is 0. The first-order valence-corrected chi connectivity index (χ1v) is 7.99. The van der Waals surface area contributed by atoms with Crippen molar-refractivity contribution in [3.63, 3.8) is 0 Å². The van der Waals surface area contributed by atoms with Crippen LogP contribution in [0, 0.1) is 0 Å². The smallest absolute Gasteiger partial charge is 0.324 e. The van der Waals surface area contributed by atoms with Crippen molar-refractivity contribution in [3.05, 3.63) is 46.4 Å². The molecule has 0 aliphatic carbocycles. The molecular weight excluding hydrogens is 414 g/mol. The summed E-state index contributed by atoms with van der Waals surface area (Å²) in [6.07, 6.45) is -9.95. The van der Waals surface area contributed by atoms with Crippen molar-refractivity contribution in [2.24, 2.45) is 0 Å². The van der Waals surface area contributed by atoms with E-state index in [0.717, 1.165) is 12.1 Å². The molecule has 0 radical (unpaired) electrons. The van der Waals surface area contributed by atoms with Gasteiger partial charge in [-0.1, -0.05) is 11.6 Å². The molecule has 4 rings (SSSR count). The van der Waals surface area contributed by atoms with Gasteiger partial charge in [0.1, 0.15) is 11.2 Å². The highest BCUT2D eigenvalue weighted by Crippen LogP contribution is 2.38. The lowest BCUT2D eigenvalue weighted by Gasteiger charge is -2.13. The number of amides is 1. The second kappa shape index (κ2) is 5.84. The van der Waals surface area contributed by atoms with Crippen LogP contribution in [0.5, 0.6) is 0 Å². The van der Waals surface area contributed by atoms with Gasteiger partial charge in [-0.2, -0.15) is 26.3 Å². The maximum absolute atomic E-state index is 13.5. The Morgan fingerprint density at radius 1 is 1.04 bits per heavy atom. The van der Waals surface area contributed by atoms with E-state index in [1.54, 1.807) is 0 Å². The third-order valence-electron chi connectivity index (χ3n) is 4.08. The average molecular weight is 421 g/mol. The van der Waals surface area contributed by atoms with Crippen molar-refractivity contribution in [2.75, 3.05) is 5.32 Å². The molecule has 146 valence electrons. The van der Waals surface area contributed by atoms with Crippen LogP contribution in [0.4, 0.5) is 32.0 Å². The van der Waals surface area contributed by atoms with Gasteiger partial charge in [-0.05, 0) is 29.8 Å². The minimum Gasteiger partial charge on any atom is -0.324 e. The van der Waals surface area contributed by atoms with E-state index in [2.05, 4.69) is 15.3 Å². The minimum absolute atomic E-state index is 0.0553. The van der Waals surface area contributed by atoms with E-state index in [0.29, 0.717) is 16.2 Å². The molecule has 3 heterocycles. The van der Waals surface area contributed by atoms with Crippen LogP contribution in [0.2, 0.25) is 5.02 Å². The molecule has 2 aromatic heterocycles. The van der Waals surface area contributed by atoms with Crippen LogP contribution >= 0.6 is 11.6 Å². The number of carbonyl (C=O) groups excluding carboxylic acids is 1. The average Bonchev–Trinajstić information content (AvgIpc) is 3.13. The van der Waals surface area contributed by atoms with Gasteiger partial charge >= 0.3 is 12.4 Å². The summed E-state index contributed by atoms with van der Waals surface area (Å²) in [7, 11) is 0. The van der Waals surface area contributed by atoms with Gasteiger partial charge in [0.2, 0.25) is 11.7 Å². The number of pyridine rings is 1. The second-order valence-electron chi connectivity index (χ2n) is 5.99. The van der Waals surface area contributed by atoms with Gasteiger partial charge in [-0.25, -0.2) is 9.97 Å². The SMILES string of the molecule is O=C1Cc2cc(-n3c(C(F)(F)F)nc4ccc(C(F)(F)F)nc43)cc(Cl)c2N1. The Morgan fingerprint density at radius 3 is 2.39 bits per heavy atom. The lowest BCUT2D eigenvalue weighted by molar-refractivity contribution is -0.145. The number of hydrogen-bond donors (Lipinski definition) is 1. The standard InChI is InChI=1S/C16H7ClF6N4O/c17-8-5-7(3-6-4-11(28)26-12(6)8)27-13-9(24-14(27)16(21,22)23)1-2-10(25-13)15(18,19)20/h1-3,5H,4H2,(H,26,28). The van der Waals surface area contributed by atoms with Gasteiger partial charge in [-0.3, -0.25) is 9.36 Å². The van der Waals surface area contributed by atoms with E-state index >= 15 is 0 Å². The Kier molecular flexibility index (Phi) is 3.86. The van der Waals surface area contributed by atoms with Crippen molar-refractivity contribution < 1.29 is 31.1 Å². The Morgan fingerprint density at radius 2 is 1.75 bits per heavy atom. The monoisotopic (exact) mass is 420 g/mol. The van der Waals surface area contributed by atoms with E-state index < -0.39 is 35.4 Å². The summed E-state index contributed by atoms with van der Waals surface area (Å²) in [4.78, 5) is 18.3. The lowest BCUT2D eigenvalue weighted by Crippen LogP contribution is -2.15. The summed E-state index contributed by atoms with van der Waals surface area (Å²) in [5.74, 6) is -1.86. The van der Waals surface area contributed by atoms with Crippen molar-refractivity contribution in [3.8, 4) is 5.69 Å². The van der Waals surface area contributed by atoms with Crippen molar-refractivity contribution >= 4 is 34.4 Å². The Bertz CT molecular complexity index is 1130. The summed E-state index contributed by atoms with van der Waals surface area (Å²) < 4.78 is 80.0. The highest BCUT2D eigenvalue weighted by atomic mass is 35.5. The van der Waals surface area contributed by atoms with Crippen LogP contribution < -0.4 is 5.32 Å². The minimum atomic E-state index is -4.97. The van der Waals surface area contributed by atoms with Gasteiger partial charge in [-0.15, -0.1) is 0 Å². The number of nitrogens with zero attached hydrogens (tertiary/aromatic N) is 3. The van der Waals surface area contributed by atoms with Crippen LogP contribution in [-0.2, 0) is 23.6 Å². The molecule has 0 fully saturated rings. The van der Waals surface area contributed by atoms with Gasteiger partial charge in [0, 0.05) is 0 Å². The van der Waals surface area contributed by atoms with E-state index in [9.17, 15) is 31.1 Å².